The summed E-state index contributed by atoms with van der Waals surface area (Å²) in [5.41, 5.74) is -0.308. The maximum absolute atomic E-state index is 12.8. The Balaban J connectivity index is 1.84. The predicted molar refractivity (Wildman–Crippen MR) is 109 cm³/mol. The summed E-state index contributed by atoms with van der Waals surface area (Å²) >= 11 is 0. The Kier molecular flexibility index (Phi) is 4.44. The standard InChI is InChI=1S/C21H16N4O4/c1-13-16(20(28)25(23-13)15-10-6-3-7-11-15)12-17-18(26)22-21(29)24(19(17)27)14-8-4-2-5-9-14/h2-12,27H,1H3,(H,22,26,29). The minimum atomic E-state index is -0.800. The van der Waals surface area contributed by atoms with Crippen molar-refractivity contribution in [3.8, 4) is 11.6 Å². The van der Waals surface area contributed by atoms with E-state index in [0.717, 1.165) is 4.57 Å². The Bertz CT molecular complexity index is 1270. The summed E-state index contributed by atoms with van der Waals surface area (Å²) in [6.07, 6.45) is 1.25. The van der Waals surface area contributed by atoms with Gasteiger partial charge in [0.1, 0.15) is 5.56 Å². The van der Waals surface area contributed by atoms with Crippen LogP contribution in [0.4, 0.5) is 5.69 Å². The molecule has 0 spiro atoms. The van der Waals surface area contributed by atoms with E-state index in [1.54, 1.807) is 61.5 Å². The number of aromatic nitrogens is 2. The molecule has 8 heteroatoms. The van der Waals surface area contributed by atoms with Crippen LogP contribution in [-0.4, -0.2) is 26.3 Å². The van der Waals surface area contributed by atoms with Crippen molar-refractivity contribution in [3.05, 3.63) is 92.6 Å². The monoisotopic (exact) mass is 388 g/mol. The van der Waals surface area contributed by atoms with E-state index < -0.39 is 23.0 Å². The Hall–Kier alpha value is -4.20. The van der Waals surface area contributed by atoms with Crippen LogP contribution in [0.1, 0.15) is 12.5 Å². The van der Waals surface area contributed by atoms with Gasteiger partial charge in [-0.25, -0.2) is 9.36 Å². The van der Waals surface area contributed by atoms with Crippen molar-refractivity contribution in [1.29, 1.82) is 0 Å². The smallest absolute Gasteiger partial charge is 0.335 e. The molecule has 1 amide bonds. The molecule has 2 aromatic carbocycles. The number of H-pyrrole nitrogens is 1. The number of nitrogens with zero attached hydrogens (tertiary/aromatic N) is 3. The van der Waals surface area contributed by atoms with Crippen LogP contribution >= 0.6 is 0 Å². The molecule has 8 nitrogen and oxygen atoms in total. The van der Waals surface area contributed by atoms with E-state index in [2.05, 4.69) is 10.1 Å². The van der Waals surface area contributed by atoms with Gasteiger partial charge in [0.2, 0.25) is 5.88 Å². The van der Waals surface area contributed by atoms with Gasteiger partial charge in [-0.15, -0.1) is 0 Å². The first-order chi connectivity index (χ1) is 14.0. The Morgan fingerprint density at radius 1 is 0.931 bits per heavy atom. The van der Waals surface area contributed by atoms with Crippen molar-refractivity contribution in [3.63, 3.8) is 0 Å². The van der Waals surface area contributed by atoms with Crippen LogP contribution in [0.15, 0.2) is 80.9 Å². The third kappa shape index (κ3) is 3.16. The number of hydrogen-bond acceptors (Lipinski definition) is 5. The molecule has 0 aliphatic carbocycles. The minimum Gasteiger partial charge on any atom is -0.494 e. The summed E-state index contributed by atoms with van der Waals surface area (Å²) in [4.78, 5) is 39.6. The Labute approximate surface area is 164 Å². The highest BCUT2D eigenvalue weighted by Crippen LogP contribution is 2.26. The van der Waals surface area contributed by atoms with Crippen molar-refractivity contribution in [1.82, 2.24) is 9.55 Å². The van der Waals surface area contributed by atoms with Crippen LogP contribution < -0.4 is 16.3 Å². The first-order valence-corrected chi connectivity index (χ1v) is 8.78. The van der Waals surface area contributed by atoms with Crippen molar-refractivity contribution in [2.75, 3.05) is 5.01 Å². The number of aromatic amines is 1. The number of amides is 1. The zero-order valence-electron chi connectivity index (χ0n) is 15.4. The number of hydrogen-bond donors (Lipinski definition) is 2. The number of anilines is 1. The van der Waals surface area contributed by atoms with Gasteiger partial charge in [-0.2, -0.15) is 10.1 Å². The lowest BCUT2D eigenvalue weighted by Crippen LogP contribution is -2.30. The maximum atomic E-state index is 12.8. The van der Waals surface area contributed by atoms with Crippen molar-refractivity contribution < 1.29 is 9.90 Å². The van der Waals surface area contributed by atoms with E-state index in [1.807, 2.05) is 6.07 Å². The third-order valence-corrected chi connectivity index (χ3v) is 4.49. The fourth-order valence-corrected chi connectivity index (χ4v) is 3.06. The Morgan fingerprint density at radius 3 is 2.14 bits per heavy atom. The molecule has 2 heterocycles. The second kappa shape index (κ2) is 7.08. The van der Waals surface area contributed by atoms with Gasteiger partial charge in [-0.05, 0) is 37.3 Å². The van der Waals surface area contributed by atoms with Gasteiger partial charge in [0.05, 0.1) is 22.7 Å². The van der Waals surface area contributed by atoms with Crippen LogP contribution in [-0.2, 0) is 4.79 Å². The summed E-state index contributed by atoms with van der Waals surface area (Å²) in [5, 5.41) is 16.1. The predicted octanol–water partition coefficient (Wildman–Crippen LogP) is 2.04. The normalized spacial score (nSPS) is 15.1. The van der Waals surface area contributed by atoms with E-state index in [1.165, 1.54) is 11.1 Å². The van der Waals surface area contributed by atoms with E-state index in [4.69, 9.17) is 0 Å². The van der Waals surface area contributed by atoms with Gasteiger partial charge in [0, 0.05) is 0 Å². The van der Waals surface area contributed by atoms with Gasteiger partial charge in [-0.3, -0.25) is 14.6 Å². The number of nitrogens with one attached hydrogen (secondary N) is 1. The molecule has 0 radical (unpaired) electrons. The van der Waals surface area contributed by atoms with Gasteiger partial charge >= 0.3 is 5.69 Å². The SMILES string of the molecule is CC1=NN(c2ccccc2)C(=O)C1=Cc1c(O)n(-c2ccccc2)c(=O)[nH]c1=O. The summed E-state index contributed by atoms with van der Waals surface area (Å²) in [6.45, 7) is 1.63. The van der Waals surface area contributed by atoms with Crippen LogP contribution in [0.25, 0.3) is 11.8 Å². The molecule has 0 bridgehead atoms. The zero-order valence-corrected chi connectivity index (χ0v) is 15.4. The number of benzene rings is 2. The number of aromatic hydroxyl groups is 1. The number of carbonyl (C=O) groups excluding carboxylic acids is 1. The average molecular weight is 388 g/mol. The summed E-state index contributed by atoms with van der Waals surface area (Å²) < 4.78 is 0.967. The van der Waals surface area contributed by atoms with E-state index in [-0.39, 0.29) is 11.1 Å². The molecule has 144 valence electrons. The average Bonchev–Trinajstić information content (AvgIpc) is 3.00. The minimum absolute atomic E-state index is 0.146. The molecular weight excluding hydrogens is 372 g/mol. The lowest BCUT2D eigenvalue weighted by Gasteiger charge is -2.11. The molecule has 0 unspecified atom stereocenters. The molecule has 0 saturated heterocycles. The molecule has 1 aromatic heterocycles. The fourth-order valence-electron chi connectivity index (χ4n) is 3.06. The fraction of sp³-hybridized carbons (Fsp3) is 0.0476. The number of rotatable bonds is 3. The quantitative estimate of drug-likeness (QED) is 0.670. The largest absolute Gasteiger partial charge is 0.494 e. The van der Waals surface area contributed by atoms with Crippen LogP contribution in [0.2, 0.25) is 0 Å². The van der Waals surface area contributed by atoms with Gasteiger partial charge in [0.15, 0.2) is 0 Å². The second-order valence-electron chi connectivity index (χ2n) is 6.36. The highest BCUT2D eigenvalue weighted by atomic mass is 16.3. The highest BCUT2D eigenvalue weighted by molar-refractivity contribution is 6.32. The third-order valence-electron chi connectivity index (χ3n) is 4.49. The molecule has 2 N–H and O–H groups in total. The van der Waals surface area contributed by atoms with E-state index in [9.17, 15) is 19.5 Å². The number of carbonyl (C=O) groups is 1. The van der Waals surface area contributed by atoms with E-state index >= 15 is 0 Å². The molecule has 4 rings (SSSR count). The molecule has 0 saturated carbocycles. The van der Waals surface area contributed by atoms with Crippen LogP contribution in [0.3, 0.4) is 0 Å². The molecule has 0 fully saturated rings. The van der Waals surface area contributed by atoms with Crippen molar-refractivity contribution in [2.24, 2.45) is 5.10 Å². The van der Waals surface area contributed by atoms with Crippen LogP contribution in [0.5, 0.6) is 5.88 Å². The first kappa shape index (κ1) is 18.2. The molecule has 0 atom stereocenters. The van der Waals surface area contributed by atoms with Crippen LogP contribution in [0, 0.1) is 0 Å². The molecule has 29 heavy (non-hydrogen) atoms. The lowest BCUT2D eigenvalue weighted by atomic mass is 10.1. The zero-order chi connectivity index (χ0) is 20.5. The number of para-hydroxylation sites is 2. The summed E-state index contributed by atoms with van der Waals surface area (Å²) in [6, 6.07) is 17.2. The topological polar surface area (TPSA) is 108 Å². The first-order valence-electron chi connectivity index (χ1n) is 8.78. The second-order valence-corrected chi connectivity index (χ2v) is 6.36. The molecule has 1 aliphatic heterocycles. The van der Waals surface area contributed by atoms with Crippen molar-refractivity contribution >= 4 is 23.4 Å². The summed E-state index contributed by atoms with van der Waals surface area (Å²) in [5.74, 6) is -0.999. The van der Waals surface area contributed by atoms with E-state index in [0.29, 0.717) is 17.1 Å². The van der Waals surface area contributed by atoms with Gasteiger partial charge in [0.25, 0.3) is 11.5 Å². The van der Waals surface area contributed by atoms with Crippen molar-refractivity contribution in [2.45, 2.75) is 6.92 Å². The molecular formula is C21H16N4O4. The highest BCUT2D eigenvalue weighted by Gasteiger charge is 2.29. The van der Waals surface area contributed by atoms with Gasteiger partial charge in [-0.1, -0.05) is 36.4 Å². The molecule has 1 aliphatic rings. The molecule has 3 aromatic rings. The maximum Gasteiger partial charge on any atom is 0.335 e. The Morgan fingerprint density at radius 2 is 1.52 bits per heavy atom. The summed E-state index contributed by atoms with van der Waals surface area (Å²) in [7, 11) is 0. The number of hydrazone groups is 1. The lowest BCUT2D eigenvalue weighted by molar-refractivity contribution is -0.114. The van der Waals surface area contributed by atoms with Gasteiger partial charge < -0.3 is 5.11 Å².